The number of rotatable bonds is 5. The summed E-state index contributed by atoms with van der Waals surface area (Å²) in [6.45, 7) is 1.92. The van der Waals surface area contributed by atoms with E-state index in [1.807, 2.05) is 5.38 Å². The lowest BCUT2D eigenvalue weighted by Gasteiger charge is -2.06. The fourth-order valence-electron chi connectivity index (χ4n) is 1.68. The molecule has 0 radical (unpaired) electrons. The van der Waals surface area contributed by atoms with Crippen LogP contribution in [0.5, 0.6) is 0 Å². The van der Waals surface area contributed by atoms with Crippen LogP contribution in [-0.4, -0.2) is 29.1 Å². The molecule has 2 aromatic heterocycles. The molecule has 2 heterocycles. The van der Waals surface area contributed by atoms with Crippen LogP contribution in [-0.2, 0) is 0 Å². The van der Waals surface area contributed by atoms with Crippen LogP contribution in [0.15, 0.2) is 17.8 Å². The molecule has 0 amide bonds. The first-order valence-corrected chi connectivity index (χ1v) is 6.47. The summed E-state index contributed by atoms with van der Waals surface area (Å²) in [6.07, 6.45) is 4.29. The van der Waals surface area contributed by atoms with Crippen molar-refractivity contribution in [1.29, 1.82) is 0 Å². The summed E-state index contributed by atoms with van der Waals surface area (Å²) >= 11 is 1.65. The van der Waals surface area contributed by atoms with Crippen LogP contribution < -0.4 is 10.6 Å². The van der Waals surface area contributed by atoms with Crippen LogP contribution in [0.3, 0.4) is 0 Å². The molecular weight excluding hydrogens is 220 g/mol. The third-order valence-corrected chi connectivity index (χ3v) is 3.51. The molecule has 84 valence electrons. The van der Waals surface area contributed by atoms with Crippen molar-refractivity contribution in [2.75, 3.05) is 18.4 Å². The number of nitrogens with one attached hydrogen (secondary N) is 2. The molecule has 0 unspecified atom stereocenters. The van der Waals surface area contributed by atoms with Crippen LogP contribution in [0, 0.1) is 0 Å². The highest BCUT2D eigenvalue weighted by molar-refractivity contribution is 7.16. The molecule has 2 aromatic rings. The lowest BCUT2D eigenvalue weighted by atomic mass is 10.4. The fourth-order valence-corrected chi connectivity index (χ4v) is 2.41. The summed E-state index contributed by atoms with van der Waals surface area (Å²) in [5, 5.41) is 9.99. The quantitative estimate of drug-likeness (QED) is 0.775. The summed E-state index contributed by atoms with van der Waals surface area (Å²) in [5.41, 5.74) is 0. The van der Waals surface area contributed by atoms with Gasteiger partial charge in [0.25, 0.3) is 0 Å². The van der Waals surface area contributed by atoms with Gasteiger partial charge in [0, 0.05) is 19.1 Å². The summed E-state index contributed by atoms with van der Waals surface area (Å²) < 4.78 is 0. The lowest BCUT2D eigenvalue weighted by Crippen LogP contribution is -2.24. The average molecular weight is 234 g/mol. The van der Waals surface area contributed by atoms with Crippen LogP contribution in [0.2, 0.25) is 0 Å². The van der Waals surface area contributed by atoms with Gasteiger partial charge in [0.05, 0.1) is 5.39 Å². The predicted molar refractivity (Wildman–Crippen MR) is 66.9 cm³/mol. The first-order chi connectivity index (χ1) is 7.93. The highest BCUT2D eigenvalue weighted by Gasteiger charge is 2.19. The molecule has 0 spiro atoms. The molecule has 1 aliphatic rings. The highest BCUT2D eigenvalue weighted by atomic mass is 32.1. The van der Waals surface area contributed by atoms with E-state index in [-0.39, 0.29) is 0 Å². The Balaban J connectivity index is 1.61. The molecule has 1 aliphatic carbocycles. The molecule has 1 fully saturated rings. The smallest absolute Gasteiger partial charge is 0.138 e. The number of fused-ring (bicyclic) bond motifs is 1. The van der Waals surface area contributed by atoms with E-state index in [1.165, 1.54) is 12.8 Å². The van der Waals surface area contributed by atoms with Gasteiger partial charge in [-0.2, -0.15) is 0 Å². The summed E-state index contributed by atoms with van der Waals surface area (Å²) in [6, 6.07) is 2.84. The van der Waals surface area contributed by atoms with Gasteiger partial charge >= 0.3 is 0 Å². The topological polar surface area (TPSA) is 49.8 Å². The molecule has 0 aromatic carbocycles. The van der Waals surface area contributed by atoms with E-state index in [0.717, 1.165) is 35.2 Å². The second-order valence-corrected chi connectivity index (χ2v) is 4.91. The van der Waals surface area contributed by atoms with E-state index in [2.05, 4.69) is 26.7 Å². The molecule has 0 saturated heterocycles. The lowest BCUT2D eigenvalue weighted by molar-refractivity contribution is 0.701. The molecule has 4 nitrogen and oxygen atoms in total. The largest absolute Gasteiger partial charge is 0.368 e. The van der Waals surface area contributed by atoms with Crippen molar-refractivity contribution < 1.29 is 0 Å². The highest BCUT2D eigenvalue weighted by Crippen LogP contribution is 2.23. The Bertz CT molecular complexity index is 478. The van der Waals surface area contributed by atoms with Crippen molar-refractivity contribution in [2.24, 2.45) is 0 Å². The van der Waals surface area contributed by atoms with Gasteiger partial charge in [0.1, 0.15) is 17.0 Å². The Morgan fingerprint density at radius 1 is 1.31 bits per heavy atom. The Hall–Kier alpha value is -1.20. The average Bonchev–Trinajstić information content (AvgIpc) is 3.00. The number of thiophene rings is 1. The fraction of sp³-hybridized carbons (Fsp3) is 0.455. The normalized spacial score (nSPS) is 15.5. The van der Waals surface area contributed by atoms with E-state index in [0.29, 0.717) is 0 Å². The van der Waals surface area contributed by atoms with Crippen LogP contribution in [0.4, 0.5) is 5.82 Å². The molecule has 0 bridgehead atoms. The van der Waals surface area contributed by atoms with Gasteiger partial charge in [-0.3, -0.25) is 0 Å². The van der Waals surface area contributed by atoms with E-state index >= 15 is 0 Å². The number of anilines is 1. The minimum Gasteiger partial charge on any atom is -0.368 e. The van der Waals surface area contributed by atoms with Crippen LogP contribution in [0.1, 0.15) is 12.8 Å². The molecule has 0 aliphatic heterocycles. The molecule has 3 rings (SSSR count). The first kappa shape index (κ1) is 9.99. The predicted octanol–water partition coefficient (Wildman–Crippen LogP) is 1.86. The van der Waals surface area contributed by atoms with Gasteiger partial charge < -0.3 is 10.6 Å². The van der Waals surface area contributed by atoms with E-state index in [9.17, 15) is 0 Å². The first-order valence-electron chi connectivity index (χ1n) is 5.59. The standard InChI is InChI=1S/C11H14N4S/c1-2-8(1)12-4-5-13-10-9-3-6-16-11(9)15-7-14-10/h3,6-8,12H,1-2,4-5H2,(H,13,14,15). The van der Waals surface area contributed by atoms with Crippen molar-refractivity contribution in [3.63, 3.8) is 0 Å². The zero-order valence-electron chi connectivity index (χ0n) is 8.94. The Morgan fingerprint density at radius 3 is 3.12 bits per heavy atom. The minimum atomic E-state index is 0.772. The molecule has 2 N–H and O–H groups in total. The molecule has 0 atom stereocenters. The summed E-state index contributed by atoms with van der Waals surface area (Å²) in [5.74, 6) is 0.948. The number of nitrogens with zero attached hydrogens (tertiary/aromatic N) is 2. The van der Waals surface area contributed by atoms with Crippen molar-refractivity contribution in [3.05, 3.63) is 17.8 Å². The Morgan fingerprint density at radius 2 is 2.25 bits per heavy atom. The van der Waals surface area contributed by atoms with Gasteiger partial charge in [0.2, 0.25) is 0 Å². The van der Waals surface area contributed by atoms with Crippen molar-refractivity contribution >= 4 is 27.4 Å². The number of hydrogen-bond acceptors (Lipinski definition) is 5. The third kappa shape index (κ3) is 2.15. The number of aromatic nitrogens is 2. The SMILES string of the molecule is c1nc(NCCNC2CC2)c2ccsc2n1. The Labute approximate surface area is 98.1 Å². The molecule has 1 saturated carbocycles. The summed E-state index contributed by atoms with van der Waals surface area (Å²) in [7, 11) is 0. The van der Waals surface area contributed by atoms with Gasteiger partial charge in [-0.1, -0.05) is 0 Å². The molecule has 5 heteroatoms. The van der Waals surface area contributed by atoms with E-state index in [1.54, 1.807) is 17.7 Å². The van der Waals surface area contributed by atoms with E-state index in [4.69, 9.17) is 0 Å². The van der Waals surface area contributed by atoms with Crippen molar-refractivity contribution in [3.8, 4) is 0 Å². The number of hydrogen-bond donors (Lipinski definition) is 2. The zero-order valence-corrected chi connectivity index (χ0v) is 9.76. The second kappa shape index (κ2) is 4.35. The minimum absolute atomic E-state index is 0.772. The zero-order chi connectivity index (χ0) is 10.8. The summed E-state index contributed by atoms with van der Waals surface area (Å²) in [4.78, 5) is 9.54. The maximum Gasteiger partial charge on any atom is 0.138 e. The monoisotopic (exact) mass is 234 g/mol. The van der Waals surface area contributed by atoms with Gasteiger partial charge in [-0.25, -0.2) is 9.97 Å². The van der Waals surface area contributed by atoms with Gasteiger partial charge in [0.15, 0.2) is 0 Å². The van der Waals surface area contributed by atoms with Crippen LogP contribution >= 0.6 is 11.3 Å². The Kier molecular flexibility index (Phi) is 2.71. The molecule has 16 heavy (non-hydrogen) atoms. The second-order valence-electron chi connectivity index (χ2n) is 4.02. The van der Waals surface area contributed by atoms with Crippen molar-refractivity contribution in [1.82, 2.24) is 15.3 Å². The van der Waals surface area contributed by atoms with E-state index < -0.39 is 0 Å². The van der Waals surface area contributed by atoms with Gasteiger partial charge in [-0.15, -0.1) is 11.3 Å². The molecular formula is C11H14N4S. The van der Waals surface area contributed by atoms with Gasteiger partial charge in [-0.05, 0) is 24.3 Å². The van der Waals surface area contributed by atoms with Crippen molar-refractivity contribution in [2.45, 2.75) is 18.9 Å². The maximum absolute atomic E-state index is 4.27. The third-order valence-electron chi connectivity index (χ3n) is 2.69. The van der Waals surface area contributed by atoms with Crippen LogP contribution in [0.25, 0.3) is 10.2 Å². The maximum atomic E-state index is 4.27.